The van der Waals surface area contributed by atoms with Crippen molar-refractivity contribution in [1.29, 1.82) is 0 Å². The van der Waals surface area contributed by atoms with Crippen LogP contribution in [0.25, 0.3) is 11.3 Å². The highest BCUT2D eigenvalue weighted by molar-refractivity contribution is 5.61. The monoisotopic (exact) mass is 389 g/mol. The average molecular weight is 389 g/mol. The minimum absolute atomic E-state index is 0.134. The Morgan fingerprint density at radius 3 is 2.90 bits per heavy atom. The van der Waals surface area contributed by atoms with Crippen molar-refractivity contribution < 1.29 is 9.47 Å². The molecule has 1 saturated heterocycles. The molecule has 0 radical (unpaired) electrons. The number of imidazole rings is 1. The second-order valence-corrected chi connectivity index (χ2v) is 8.30. The van der Waals surface area contributed by atoms with Gasteiger partial charge in [-0.15, -0.1) is 0 Å². The van der Waals surface area contributed by atoms with E-state index in [0.29, 0.717) is 6.61 Å². The van der Waals surface area contributed by atoms with Gasteiger partial charge >= 0.3 is 0 Å². The van der Waals surface area contributed by atoms with E-state index in [9.17, 15) is 0 Å². The van der Waals surface area contributed by atoms with Gasteiger partial charge in [0.25, 0.3) is 0 Å². The van der Waals surface area contributed by atoms with Crippen LogP contribution in [0, 0.1) is 6.92 Å². The molecule has 29 heavy (non-hydrogen) atoms. The van der Waals surface area contributed by atoms with E-state index in [1.54, 1.807) is 7.11 Å². The largest absolute Gasteiger partial charge is 0.497 e. The van der Waals surface area contributed by atoms with Crippen molar-refractivity contribution >= 4 is 0 Å². The van der Waals surface area contributed by atoms with Crippen LogP contribution in [-0.4, -0.2) is 40.3 Å². The minimum atomic E-state index is -0.134. The highest BCUT2D eigenvalue weighted by atomic mass is 16.5. The molecule has 2 aromatic carbocycles. The lowest BCUT2D eigenvalue weighted by atomic mass is 10.0. The van der Waals surface area contributed by atoms with Gasteiger partial charge in [0.2, 0.25) is 0 Å². The third-order valence-corrected chi connectivity index (χ3v) is 6.14. The lowest BCUT2D eigenvalue weighted by molar-refractivity contribution is -0.0821. The summed E-state index contributed by atoms with van der Waals surface area (Å²) in [5.74, 6) is 1.87. The first-order valence-corrected chi connectivity index (χ1v) is 10.2. The summed E-state index contributed by atoms with van der Waals surface area (Å²) in [5.41, 5.74) is 4.83. The normalized spacial score (nSPS) is 21.4. The van der Waals surface area contributed by atoms with Crippen molar-refractivity contribution in [2.45, 2.75) is 38.6 Å². The molecule has 1 aromatic heterocycles. The third-order valence-electron chi connectivity index (χ3n) is 6.14. The Hall–Kier alpha value is -2.63. The van der Waals surface area contributed by atoms with Crippen LogP contribution in [0.1, 0.15) is 23.4 Å². The second-order valence-electron chi connectivity index (χ2n) is 8.30. The Kier molecular flexibility index (Phi) is 4.64. The smallest absolute Gasteiger partial charge is 0.135 e. The molecule has 2 aliphatic rings. The number of likely N-dealkylation sites (tertiary alicyclic amines) is 1. The summed E-state index contributed by atoms with van der Waals surface area (Å²) in [7, 11) is 1.70. The molecule has 3 heterocycles. The van der Waals surface area contributed by atoms with Gasteiger partial charge in [-0.25, -0.2) is 4.98 Å². The highest BCUT2D eigenvalue weighted by Gasteiger charge is 2.43. The Balaban J connectivity index is 1.36. The number of benzene rings is 2. The predicted octanol–water partition coefficient (Wildman–Crippen LogP) is 4.04. The summed E-state index contributed by atoms with van der Waals surface area (Å²) in [6.07, 6.45) is 3.01. The number of ether oxygens (including phenoxy) is 2. The van der Waals surface area contributed by atoms with E-state index in [0.717, 1.165) is 55.4 Å². The maximum absolute atomic E-state index is 6.39. The van der Waals surface area contributed by atoms with Crippen molar-refractivity contribution in [3.05, 3.63) is 71.7 Å². The summed E-state index contributed by atoms with van der Waals surface area (Å²) in [5, 5.41) is 0. The van der Waals surface area contributed by atoms with Gasteiger partial charge in [0, 0.05) is 25.2 Å². The van der Waals surface area contributed by atoms with Crippen LogP contribution in [-0.2, 0) is 24.4 Å². The highest BCUT2D eigenvalue weighted by Crippen LogP contribution is 2.36. The van der Waals surface area contributed by atoms with E-state index < -0.39 is 0 Å². The fourth-order valence-electron chi connectivity index (χ4n) is 4.65. The maximum Gasteiger partial charge on any atom is 0.135 e. The molecule has 0 amide bonds. The van der Waals surface area contributed by atoms with E-state index >= 15 is 0 Å². The zero-order valence-corrected chi connectivity index (χ0v) is 17.1. The van der Waals surface area contributed by atoms with E-state index in [2.05, 4.69) is 57.8 Å². The summed E-state index contributed by atoms with van der Waals surface area (Å²) in [4.78, 5) is 7.14. The van der Waals surface area contributed by atoms with E-state index in [-0.39, 0.29) is 5.60 Å². The fourth-order valence-corrected chi connectivity index (χ4v) is 4.65. The van der Waals surface area contributed by atoms with Gasteiger partial charge in [-0.1, -0.05) is 42.0 Å². The van der Waals surface area contributed by atoms with Crippen molar-refractivity contribution in [2.75, 3.05) is 20.2 Å². The molecule has 1 spiro atoms. The molecular formula is C24H27N3O2. The quantitative estimate of drug-likeness (QED) is 0.675. The van der Waals surface area contributed by atoms with Crippen molar-refractivity contribution in [3.63, 3.8) is 0 Å². The lowest BCUT2D eigenvalue weighted by Crippen LogP contribution is -2.44. The van der Waals surface area contributed by atoms with Crippen LogP contribution in [0.2, 0.25) is 0 Å². The van der Waals surface area contributed by atoms with Crippen LogP contribution in [0.15, 0.2) is 54.7 Å². The Morgan fingerprint density at radius 1 is 1.14 bits per heavy atom. The molecule has 1 fully saturated rings. The Bertz CT molecular complexity index is 1030. The molecule has 0 saturated carbocycles. The number of aromatic nitrogens is 2. The average Bonchev–Trinajstić information content (AvgIpc) is 3.32. The van der Waals surface area contributed by atoms with E-state index in [1.165, 1.54) is 11.1 Å². The molecule has 0 N–H and O–H groups in total. The number of hydrogen-bond donors (Lipinski definition) is 0. The number of methoxy groups -OCH3 is 1. The molecule has 5 rings (SSSR count). The SMILES string of the molecule is COc1cccc(-c2cnc3n2C[C@]2(CCN(Cc4cccc(C)c4)C2)OC3)c1. The molecule has 2 aliphatic heterocycles. The minimum Gasteiger partial charge on any atom is -0.497 e. The molecule has 3 aromatic rings. The Labute approximate surface area is 171 Å². The molecular weight excluding hydrogens is 362 g/mol. The van der Waals surface area contributed by atoms with Gasteiger partial charge < -0.3 is 14.0 Å². The van der Waals surface area contributed by atoms with Gasteiger partial charge in [0.05, 0.1) is 25.5 Å². The van der Waals surface area contributed by atoms with Crippen molar-refractivity contribution in [2.24, 2.45) is 0 Å². The van der Waals surface area contributed by atoms with Gasteiger partial charge in [0.1, 0.15) is 23.8 Å². The molecule has 0 unspecified atom stereocenters. The molecule has 1 atom stereocenters. The second kappa shape index (κ2) is 7.32. The van der Waals surface area contributed by atoms with Crippen LogP contribution in [0.5, 0.6) is 5.75 Å². The number of nitrogens with zero attached hydrogens (tertiary/aromatic N) is 3. The maximum atomic E-state index is 6.39. The van der Waals surface area contributed by atoms with E-state index in [1.807, 2.05) is 18.3 Å². The first-order chi connectivity index (χ1) is 14.1. The van der Waals surface area contributed by atoms with Crippen LogP contribution >= 0.6 is 0 Å². The van der Waals surface area contributed by atoms with Crippen LogP contribution in [0.4, 0.5) is 0 Å². The van der Waals surface area contributed by atoms with Crippen LogP contribution in [0.3, 0.4) is 0 Å². The van der Waals surface area contributed by atoms with E-state index in [4.69, 9.17) is 9.47 Å². The summed E-state index contributed by atoms with van der Waals surface area (Å²) in [6, 6.07) is 17.0. The first-order valence-electron chi connectivity index (χ1n) is 10.2. The van der Waals surface area contributed by atoms with Gasteiger partial charge in [-0.05, 0) is 31.0 Å². The first kappa shape index (κ1) is 18.4. The van der Waals surface area contributed by atoms with Gasteiger partial charge in [0.15, 0.2) is 0 Å². The van der Waals surface area contributed by atoms with Crippen LogP contribution < -0.4 is 4.74 Å². The van der Waals surface area contributed by atoms with Gasteiger partial charge in [-0.2, -0.15) is 0 Å². The number of aryl methyl sites for hydroxylation is 1. The topological polar surface area (TPSA) is 39.5 Å². The summed E-state index contributed by atoms with van der Waals surface area (Å²) < 4.78 is 14.1. The third kappa shape index (κ3) is 3.56. The molecule has 0 bridgehead atoms. The molecule has 150 valence electrons. The summed E-state index contributed by atoms with van der Waals surface area (Å²) in [6.45, 7) is 6.57. The standard InChI is InChI=1S/C24H27N3O2/c1-18-5-3-6-19(11-18)14-26-10-9-24(16-26)17-27-22(13-25-23(27)15-29-24)20-7-4-8-21(12-20)28-2/h3-8,11-13H,9-10,14-17H2,1-2H3/t24-/m1/s1. The zero-order chi connectivity index (χ0) is 19.8. The Morgan fingerprint density at radius 2 is 2.03 bits per heavy atom. The number of hydrogen-bond acceptors (Lipinski definition) is 4. The fraction of sp³-hybridized carbons (Fsp3) is 0.375. The molecule has 5 heteroatoms. The number of fused-ring (bicyclic) bond motifs is 1. The molecule has 5 nitrogen and oxygen atoms in total. The van der Waals surface area contributed by atoms with Gasteiger partial charge in [-0.3, -0.25) is 4.90 Å². The predicted molar refractivity (Wildman–Crippen MR) is 113 cm³/mol. The summed E-state index contributed by atoms with van der Waals surface area (Å²) >= 11 is 0. The lowest BCUT2D eigenvalue weighted by Gasteiger charge is -2.35. The van der Waals surface area contributed by atoms with Crippen molar-refractivity contribution in [1.82, 2.24) is 14.5 Å². The molecule has 0 aliphatic carbocycles. The number of rotatable bonds is 4. The zero-order valence-electron chi connectivity index (χ0n) is 17.1. The van der Waals surface area contributed by atoms with Crippen molar-refractivity contribution in [3.8, 4) is 17.0 Å².